The number of aliphatic hydroxyl groups is 1. The van der Waals surface area contributed by atoms with E-state index in [0.29, 0.717) is 13.0 Å². The van der Waals surface area contributed by atoms with Gasteiger partial charge in [-0.05, 0) is 20.4 Å². The highest BCUT2D eigenvalue weighted by Gasteiger charge is 2.29. The van der Waals surface area contributed by atoms with Crippen molar-refractivity contribution in [3.05, 3.63) is 0 Å². The van der Waals surface area contributed by atoms with Crippen LogP contribution < -0.4 is 0 Å². The number of alkyl halides is 1. The zero-order valence-corrected chi connectivity index (χ0v) is 6.42. The molecule has 1 aliphatic rings. The summed E-state index contributed by atoms with van der Waals surface area (Å²) in [4.78, 5) is 1.97. The number of hydrogen-bond donors (Lipinski definition) is 1. The van der Waals surface area contributed by atoms with Gasteiger partial charge in [-0.15, -0.1) is 0 Å². The van der Waals surface area contributed by atoms with E-state index in [1.165, 1.54) is 0 Å². The minimum absolute atomic E-state index is 0.262. The molecule has 0 aliphatic carbocycles. The predicted octanol–water partition coefficient (Wildman–Crippen LogP) is 0.409. The second kappa shape index (κ2) is 2.84. The molecule has 0 unspecified atom stereocenters. The standard InChI is InChI=1S/C7H14FNO/c1-5-3-6(8)7(10)4-9(5)2/h5-7,10H,3-4H2,1-2H3/t5-,6+,7+/m1/s1. The molecule has 0 saturated carbocycles. The lowest BCUT2D eigenvalue weighted by Gasteiger charge is -2.34. The van der Waals surface area contributed by atoms with Crippen molar-refractivity contribution < 1.29 is 9.50 Å². The number of rotatable bonds is 0. The number of piperidine rings is 1. The van der Waals surface area contributed by atoms with Crippen LogP contribution in [0.1, 0.15) is 13.3 Å². The van der Waals surface area contributed by atoms with Gasteiger partial charge in [-0.25, -0.2) is 4.39 Å². The Labute approximate surface area is 60.6 Å². The quantitative estimate of drug-likeness (QED) is 0.536. The number of β-amino-alcohol motifs (C(OH)–C–C–N with tert-alkyl or cyclic N) is 1. The van der Waals surface area contributed by atoms with Crippen LogP contribution >= 0.6 is 0 Å². The lowest BCUT2D eigenvalue weighted by atomic mass is 10.0. The average molecular weight is 147 g/mol. The molecule has 1 rings (SSSR count). The topological polar surface area (TPSA) is 23.5 Å². The molecule has 0 aromatic rings. The fourth-order valence-corrected chi connectivity index (χ4v) is 1.25. The van der Waals surface area contributed by atoms with E-state index in [2.05, 4.69) is 0 Å². The first-order valence-corrected chi connectivity index (χ1v) is 3.63. The zero-order valence-electron chi connectivity index (χ0n) is 6.42. The van der Waals surface area contributed by atoms with Gasteiger partial charge in [-0.3, -0.25) is 0 Å². The molecule has 1 fully saturated rings. The Morgan fingerprint density at radius 3 is 2.70 bits per heavy atom. The van der Waals surface area contributed by atoms with E-state index in [0.717, 1.165) is 0 Å². The van der Waals surface area contributed by atoms with Crippen LogP contribution in [0.15, 0.2) is 0 Å². The van der Waals surface area contributed by atoms with Gasteiger partial charge in [0.25, 0.3) is 0 Å². The molecule has 60 valence electrons. The summed E-state index contributed by atoms with van der Waals surface area (Å²) < 4.78 is 12.7. The van der Waals surface area contributed by atoms with E-state index in [9.17, 15) is 4.39 Å². The van der Waals surface area contributed by atoms with Crippen LogP contribution in [0.2, 0.25) is 0 Å². The Morgan fingerprint density at radius 1 is 1.60 bits per heavy atom. The van der Waals surface area contributed by atoms with Crippen molar-refractivity contribution in [1.82, 2.24) is 4.90 Å². The van der Waals surface area contributed by atoms with E-state index in [4.69, 9.17) is 5.11 Å². The maximum absolute atomic E-state index is 12.7. The van der Waals surface area contributed by atoms with E-state index >= 15 is 0 Å². The zero-order chi connectivity index (χ0) is 7.72. The predicted molar refractivity (Wildman–Crippen MR) is 37.6 cm³/mol. The van der Waals surface area contributed by atoms with Crippen molar-refractivity contribution in [2.75, 3.05) is 13.6 Å². The summed E-state index contributed by atoms with van der Waals surface area (Å²) in [6.07, 6.45) is -1.34. The average Bonchev–Trinajstić information content (AvgIpc) is 1.84. The number of hydrogen-bond acceptors (Lipinski definition) is 2. The van der Waals surface area contributed by atoms with Crippen LogP contribution in [0.25, 0.3) is 0 Å². The summed E-state index contributed by atoms with van der Waals surface area (Å²) in [6, 6.07) is 0.262. The van der Waals surface area contributed by atoms with E-state index in [1.807, 2.05) is 18.9 Å². The fourth-order valence-electron chi connectivity index (χ4n) is 1.25. The highest BCUT2D eigenvalue weighted by molar-refractivity contribution is 4.82. The Hall–Kier alpha value is -0.150. The number of halogens is 1. The molecule has 0 bridgehead atoms. The van der Waals surface area contributed by atoms with Gasteiger partial charge in [0, 0.05) is 12.6 Å². The van der Waals surface area contributed by atoms with Crippen LogP contribution in [0, 0.1) is 0 Å². The molecule has 2 nitrogen and oxygen atoms in total. The highest BCUT2D eigenvalue weighted by atomic mass is 19.1. The molecule has 0 amide bonds. The molecule has 0 radical (unpaired) electrons. The van der Waals surface area contributed by atoms with Crippen LogP contribution in [-0.2, 0) is 0 Å². The van der Waals surface area contributed by atoms with Crippen LogP contribution in [0.4, 0.5) is 4.39 Å². The smallest absolute Gasteiger partial charge is 0.129 e. The van der Waals surface area contributed by atoms with Gasteiger partial charge in [-0.2, -0.15) is 0 Å². The molecule has 0 spiro atoms. The lowest BCUT2D eigenvalue weighted by molar-refractivity contribution is -0.00943. The molecule has 10 heavy (non-hydrogen) atoms. The lowest BCUT2D eigenvalue weighted by Crippen LogP contribution is -2.47. The summed E-state index contributed by atoms with van der Waals surface area (Å²) >= 11 is 0. The van der Waals surface area contributed by atoms with Crippen molar-refractivity contribution in [1.29, 1.82) is 0 Å². The molecular formula is C7H14FNO. The molecule has 3 atom stereocenters. The number of likely N-dealkylation sites (N-methyl/N-ethyl adjacent to an activating group) is 1. The van der Waals surface area contributed by atoms with Crippen molar-refractivity contribution in [3.63, 3.8) is 0 Å². The minimum Gasteiger partial charge on any atom is -0.389 e. The number of aliphatic hydroxyl groups excluding tert-OH is 1. The largest absolute Gasteiger partial charge is 0.389 e. The molecule has 1 heterocycles. The third kappa shape index (κ3) is 1.47. The van der Waals surface area contributed by atoms with E-state index in [-0.39, 0.29) is 6.04 Å². The first-order valence-electron chi connectivity index (χ1n) is 3.63. The second-order valence-corrected chi connectivity index (χ2v) is 3.11. The molecular weight excluding hydrogens is 133 g/mol. The Balaban J connectivity index is 2.46. The Kier molecular flexibility index (Phi) is 2.26. The fraction of sp³-hybridized carbons (Fsp3) is 1.00. The van der Waals surface area contributed by atoms with Crippen molar-refractivity contribution in [3.8, 4) is 0 Å². The third-order valence-electron chi connectivity index (χ3n) is 2.21. The van der Waals surface area contributed by atoms with Gasteiger partial charge in [0.1, 0.15) is 6.17 Å². The SMILES string of the molecule is C[C@@H]1C[C@H](F)[C@@H](O)CN1C. The molecule has 0 aromatic heterocycles. The monoisotopic (exact) mass is 147 g/mol. The molecule has 1 aliphatic heterocycles. The number of likely N-dealkylation sites (tertiary alicyclic amines) is 1. The van der Waals surface area contributed by atoms with Gasteiger partial charge in [0.2, 0.25) is 0 Å². The summed E-state index contributed by atoms with van der Waals surface area (Å²) in [6.45, 7) is 2.43. The molecule has 1 saturated heterocycles. The summed E-state index contributed by atoms with van der Waals surface area (Å²) in [7, 11) is 1.90. The second-order valence-electron chi connectivity index (χ2n) is 3.11. The summed E-state index contributed by atoms with van der Waals surface area (Å²) in [5.41, 5.74) is 0. The maximum Gasteiger partial charge on any atom is 0.129 e. The van der Waals surface area contributed by atoms with E-state index in [1.54, 1.807) is 0 Å². The van der Waals surface area contributed by atoms with Gasteiger partial charge < -0.3 is 10.0 Å². The molecule has 1 N–H and O–H groups in total. The maximum atomic E-state index is 12.7. The highest BCUT2D eigenvalue weighted by Crippen LogP contribution is 2.18. The van der Waals surface area contributed by atoms with Crippen molar-refractivity contribution in [2.24, 2.45) is 0 Å². The third-order valence-corrected chi connectivity index (χ3v) is 2.21. The molecule has 3 heteroatoms. The van der Waals surface area contributed by atoms with Gasteiger partial charge >= 0.3 is 0 Å². The first-order chi connectivity index (χ1) is 4.61. The van der Waals surface area contributed by atoms with Crippen molar-refractivity contribution >= 4 is 0 Å². The summed E-state index contributed by atoms with van der Waals surface area (Å²) in [5, 5.41) is 9.05. The normalized spacial score (nSPS) is 43.8. The van der Waals surface area contributed by atoms with Crippen molar-refractivity contribution in [2.45, 2.75) is 31.7 Å². The van der Waals surface area contributed by atoms with Gasteiger partial charge in [0.15, 0.2) is 0 Å². The Bertz CT molecular complexity index is 94.2. The van der Waals surface area contributed by atoms with Crippen LogP contribution in [0.5, 0.6) is 0 Å². The van der Waals surface area contributed by atoms with Crippen LogP contribution in [0.3, 0.4) is 0 Å². The first kappa shape index (κ1) is 7.95. The molecule has 0 aromatic carbocycles. The minimum atomic E-state index is -1.02. The number of nitrogens with zero attached hydrogens (tertiary/aromatic N) is 1. The van der Waals surface area contributed by atoms with Crippen LogP contribution in [-0.4, -0.2) is 41.9 Å². The van der Waals surface area contributed by atoms with Gasteiger partial charge in [0.05, 0.1) is 6.10 Å². The van der Waals surface area contributed by atoms with E-state index < -0.39 is 12.3 Å². The Morgan fingerprint density at radius 2 is 2.20 bits per heavy atom. The van der Waals surface area contributed by atoms with Gasteiger partial charge in [-0.1, -0.05) is 0 Å². The summed E-state index contributed by atoms with van der Waals surface area (Å²) in [5.74, 6) is 0.